The molecule has 4 nitrogen and oxygen atoms in total. The molecule has 0 aliphatic carbocycles. The Balaban J connectivity index is 2.01. The molecule has 0 bridgehead atoms. The Morgan fingerprint density at radius 1 is 1.19 bits per heavy atom. The van der Waals surface area contributed by atoms with Crippen LogP contribution in [0, 0.1) is 6.92 Å². The van der Waals surface area contributed by atoms with E-state index in [0.717, 1.165) is 11.0 Å². The van der Waals surface area contributed by atoms with Crippen molar-refractivity contribution in [2.24, 2.45) is 0 Å². The summed E-state index contributed by atoms with van der Waals surface area (Å²) < 4.78 is 14.3. The van der Waals surface area contributed by atoms with Gasteiger partial charge in [-0.05, 0) is 68.2 Å². The zero-order valence-electron chi connectivity index (χ0n) is 12.9. The lowest BCUT2D eigenvalue weighted by Crippen LogP contribution is -2.41. The Bertz CT molecular complexity index is 686. The number of hydrogen-bond donors (Lipinski definition) is 0. The van der Waals surface area contributed by atoms with Crippen molar-refractivity contribution in [3.63, 3.8) is 0 Å². The summed E-state index contributed by atoms with van der Waals surface area (Å²) in [7, 11) is -0.316. The minimum atomic E-state index is -0.316. The minimum absolute atomic E-state index is 0.310. The molecule has 1 aromatic carbocycles. The van der Waals surface area contributed by atoms with Crippen LogP contribution in [-0.2, 0) is 9.31 Å². The second kappa shape index (κ2) is 5.19. The summed E-state index contributed by atoms with van der Waals surface area (Å²) in [6.45, 7) is 10.4. The molecule has 7 heteroatoms. The first-order valence-corrected chi connectivity index (χ1v) is 11.0. The van der Waals surface area contributed by atoms with Gasteiger partial charge < -0.3 is 9.31 Å². The van der Waals surface area contributed by atoms with E-state index in [2.05, 4.69) is 80.0 Å². The zero-order valence-corrected chi connectivity index (χ0v) is 16.1. The highest BCUT2D eigenvalue weighted by Crippen LogP contribution is 2.37. The average molecular weight is 416 g/mol. The average Bonchev–Trinajstić information content (AvgIpc) is 2.84. The summed E-state index contributed by atoms with van der Waals surface area (Å²) in [5, 5.41) is 5.77. The van der Waals surface area contributed by atoms with Crippen LogP contribution in [0.2, 0.25) is 0 Å². The monoisotopic (exact) mass is 416 g/mol. The number of rotatable bonds is 2. The Morgan fingerprint density at radius 2 is 1.81 bits per heavy atom. The number of benzene rings is 1. The van der Waals surface area contributed by atoms with Crippen LogP contribution in [0.3, 0.4) is 0 Å². The van der Waals surface area contributed by atoms with Crippen LogP contribution in [0.4, 0.5) is 0 Å². The van der Waals surface area contributed by atoms with Crippen LogP contribution in [0.5, 0.6) is 0 Å². The Morgan fingerprint density at radius 3 is 2.38 bits per heavy atom. The number of nitrogens with zero attached hydrogens (tertiary/aromatic N) is 2. The molecule has 1 aliphatic heterocycles. The van der Waals surface area contributed by atoms with E-state index in [4.69, 9.17) is 9.31 Å². The first kappa shape index (κ1) is 15.7. The fourth-order valence-electron chi connectivity index (χ4n) is 2.44. The Kier molecular flexibility index (Phi) is 3.88. The van der Waals surface area contributed by atoms with Gasteiger partial charge in [-0.2, -0.15) is 5.10 Å². The van der Waals surface area contributed by atoms with Gasteiger partial charge in [0, 0.05) is 11.1 Å². The third-order valence-corrected chi connectivity index (χ3v) is 6.51. The quantitative estimate of drug-likeness (QED) is 0.428. The van der Waals surface area contributed by atoms with Crippen LogP contribution in [0.25, 0.3) is 10.9 Å². The number of aromatic nitrogens is 2. The highest BCUT2D eigenvalue weighted by atomic mass is 127. The SMILES string of the molecule is Cc1c2cc(B3OC(C)(C)C(C)(C)O3)ccc2nn1PI. The smallest absolute Gasteiger partial charge is 0.399 e. The molecule has 3 rings (SSSR count). The van der Waals surface area contributed by atoms with Gasteiger partial charge in [-0.15, -0.1) is 0 Å². The van der Waals surface area contributed by atoms with Crippen molar-refractivity contribution in [2.45, 2.75) is 45.8 Å². The van der Waals surface area contributed by atoms with Crippen molar-refractivity contribution in [1.82, 2.24) is 9.55 Å². The van der Waals surface area contributed by atoms with Crippen molar-refractivity contribution in [3.05, 3.63) is 23.9 Å². The molecule has 1 unspecified atom stereocenters. The van der Waals surface area contributed by atoms with E-state index in [-0.39, 0.29) is 18.3 Å². The van der Waals surface area contributed by atoms with Crippen molar-refractivity contribution in [3.8, 4) is 0 Å². The molecule has 0 N–H and O–H groups in total. The van der Waals surface area contributed by atoms with Crippen molar-refractivity contribution < 1.29 is 9.31 Å². The fourth-order valence-corrected chi connectivity index (χ4v) is 4.24. The van der Waals surface area contributed by atoms with E-state index >= 15 is 0 Å². The summed E-state index contributed by atoms with van der Waals surface area (Å²) in [6, 6.07) is 6.25. The molecule has 0 amide bonds. The number of aryl methyl sites for hydroxylation is 1. The lowest BCUT2D eigenvalue weighted by molar-refractivity contribution is 0.00578. The summed E-state index contributed by atoms with van der Waals surface area (Å²) in [6.07, 6.45) is 0.611. The maximum atomic E-state index is 6.12. The largest absolute Gasteiger partial charge is 0.494 e. The first-order valence-electron chi connectivity index (χ1n) is 6.97. The van der Waals surface area contributed by atoms with Gasteiger partial charge in [0.2, 0.25) is 0 Å². The third kappa shape index (κ3) is 2.54. The zero-order chi connectivity index (χ0) is 15.4. The summed E-state index contributed by atoms with van der Waals surface area (Å²) in [4.78, 5) is 0. The van der Waals surface area contributed by atoms with Gasteiger partial charge >= 0.3 is 7.12 Å². The van der Waals surface area contributed by atoms with Crippen molar-refractivity contribution in [2.75, 3.05) is 0 Å². The Labute approximate surface area is 140 Å². The maximum absolute atomic E-state index is 6.12. The lowest BCUT2D eigenvalue weighted by atomic mass is 9.78. The van der Waals surface area contributed by atoms with E-state index in [1.807, 2.05) is 4.45 Å². The van der Waals surface area contributed by atoms with Gasteiger partial charge in [0.05, 0.1) is 23.1 Å². The van der Waals surface area contributed by atoms with Gasteiger partial charge in [0.1, 0.15) is 0 Å². The third-order valence-electron chi connectivity index (χ3n) is 4.54. The van der Waals surface area contributed by atoms with Crippen LogP contribution in [0.1, 0.15) is 33.4 Å². The normalized spacial score (nSPS) is 21.0. The fraction of sp³-hybridized carbons (Fsp3) is 0.500. The van der Waals surface area contributed by atoms with Gasteiger partial charge in [0.25, 0.3) is 0 Å². The van der Waals surface area contributed by atoms with E-state index < -0.39 is 0 Å². The molecule has 112 valence electrons. The minimum Gasteiger partial charge on any atom is -0.399 e. The number of hydrogen-bond acceptors (Lipinski definition) is 3. The summed E-state index contributed by atoms with van der Waals surface area (Å²) in [5.74, 6) is 0. The second-order valence-corrected chi connectivity index (χ2v) is 8.49. The predicted molar refractivity (Wildman–Crippen MR) is 97.9 cm³/mol. The highest BCUT2D eigenvalue weighted by Gasteiger charge is 2.51. The molecule has 1 saturated heterocycles. The van der Waals surface area contributed by atoms with Gasteiger partial charge in [-0.1, -0.05) is 12.1 Å². The van der Waals surface area contributed by atoms with E-state index in [0.29, 0.717) is 6.37 Å². The molecule has 0 saturated carbocycles. The van der Waals surface area contributed by atoms with E-state index in [9.17, 15) is 0 Å². The van der Waals surface area contributed by atoms with Crippen LogP contribution in [0.15, 0.2) is 18.2 Å². The highest BCUT2D eigenvalue weighted by molar-refractivity contribution is 14.2. The molecule has 0 radical (unpaired) electrons. The molecular weight excluding hydrogens is 397 g/mol. The maximum Gasteiger partial charge on any atom is 0.494 e. The molecule has 1 atom stereocenters. The van der Waals surface area contributed by atoms with Crippen molar-refractivity contribution in [1.29, 1.82) is 0 Å². The summed E-state index contributed by atoms with van der Waals surface area (Å²) in [5.41, 5.74) is 2.65. The predicted octanol–water partition coefficient (Wildman–Crippen LogP) is 3.44. The molecule has 0 spiro atoms. The topological polar surface area (TPSA) is 36.3 Å². The van der Waals surface area contributed by atoms with Crippen LogP contribution in [-0.4, -0.2) is 27.9 Å². The van der Waals surface area contributed by atoms with Gasteiger partial charge in [-0.25, -0.2) is 4.45 Å². The number of fused-ring (bicyclic) bond motifs is 1. The molecule has 1 fully saturated rings. The molecular formula is C14H19BIN2O2P. The van der Waals surface area contributed by atoms with E-state index in [1.54, 1.807) is 0 Å². The first-order chi connectivity index (χ1) is 9.75. The number of halogens is 1. The lowest BCUT2D eigenvalue weighted by Gasteiger charge is -2.32. The molecule has 2 aromatic rings. The molecule has 1 aliphatic rings. The standard InChI is InChI=1S/C14H19BIN2O2P/c1-9-11-8-10(6-7-12(11)17-18(9)21-16)15-19-13(2,3)14(4,5)20-15/h6-8,21H,1-5H3. The molecule has 2 heterocycles. The van der Waals surface area contributed by atoms with Gasteiger partial charge in [-0.3, -0.25) is 0 Å². The van der Waals surface area contributed by atoms with Gasteiger partial charge in [0.15, 0.2) is 0 Å². The Hall–Kier alpha value is -0.165. The second-order valence-electron chi connectivity index (χ2n) is 6.45. The van der Waals surface area contributed by atoms with E-state index in [1.165, 1.54) is 11.1 Å². The van der Waals surface area contributed by atoms with Crippen molar-refractivity contribution >= 4 is 51.9 Å². The summed E-state index contributed by atoms with van der Waals surface area (Å²) >= 11 is 2.35. The molecule has 21 heavy (non-hydrogen) atoms. The van der Waals surface area contributed by atoms with Crippen LogP contribution >= 0.6 is 28.4 Å². The van der Waals surface area contributed by atoms with Crippen LogP contribution < -0.4 is 5.46 Å². The molecule has 1 aromatic heterocycles.